The van der Waals surface area contributed by atoms with Crippen molar-refractivity contribution in [3.8, 4) is 5.75 Å². The number of hydrogen-bond donors (Lipinski definition) is 1. The smallest absolute Gasteiger partial charge is 0.261 e. The highest BCUT2D eigenvalue weighted by Gasteiger charge is 2.28. The molecule has 0 saturated carbocycles. The molecule has 5 nitrogen and oxygen atoms in total. The first-order chi connectivity index (χ1) is 14.3. The highest BCUT2D eigenvalue weighted by Crippen LogP contribution is 2.23. The van der Waals surface area contributed by atoms with Crippen molar-refractivity contribution in [2.75, 3.05) is 13.2 Å². The molecule has 0 unspecified atom stereocenters. The molecule has 1 N–H and O–H groups in total. The molecule has 2 rings (SSSR count). The molecule has 0 fully saturated rings. The minimum Gasteiger partial charge on any atom is -0.483 e. The van der Waals surface area contributed by atoms with Gasteiger partial charge >= 0.3 is 0 Å². The third-order valence-electron chi connectivity index (χ3n) is 5.33. The van der Waals surface area contributed by atoms with Crippen molar-refractivity contribution in [1.29, 1.82) is 0 Å². The number of benzene rings is 2. The maximum Gasteiger partial charge on any atom is 0.261 e. The lowest BCUT2D eigenvalue weighted by Gasteiger charge is -2.30. The van der Waals surface area contributed by atoms with Gasteiger partial charge in [-0.15, -0.1) is 0 Å². The van der Waals surface area contributed by atoms with E-state index in [1.165, 1.54) is 0 Å². The third-order valence-corrected chi connectivity index (χ3v) is 5.33. The second kappa shape index (κ2) is 10.8. The lowest BCUT2D eigenvalue weighted by atomic mass is 10.1. The molecular formula is C25H34N2O3. The molecule has 2 aromatic carbocycles. The zero-order chi connectivity index (χ0) is 22.3. The number of nitrogens with zero attached hydrogens (tertiary/aromatic N) is 1. The van der Waals surface area contributed by atoms with Crippen molar-refractivity contribution in [3.05, 3.63) is 64.2 Å². The summed E-state index contributed by atoms with van der Waals surface area (Å²) in [5.41, 5.74) is 5.38. The van der Waals surface area contributed by atoms with Crippen LogP contribution in [0, 0.1) is 27.7 Å². The van der Waals surface area contributed by atoms with Crippen molar-refractivity contribution in [1.82, 2.24) is 10.2 Å². The zero-order valence-electron chi connectivity index (χ0n) is 19.0. The van der Waals surface area contributed by atoms with E-state index in [9.17, 15) is 9.59 Å². The quantitative estimate of drug-likeness (QED) is 0.673. The van der Waals surface area contributed by atoms with Crippen LogP contribution in [0.1, 0.15) is 48.1 Å². The topological polar surface area (TPSA) is 58.6 Å². The Labute approximate surface area is 180 Å². The molecule has 0 spiro atoms. The second-order valence-electron chi connectivity index (χ2n) is 7.82. The first-order valence-corrected chi connectivity index (χ1v) is 10.6. The Bertz CT molecular complexity index is 875. The van der Waals surface area contributed by atoms with Gasteiger partial charge in [0.05, 0.1) is 0 Å². The van der Waals surface area contributed by atoms with Crippen molar-refractivity contribution in [2.24, 2.45) is 0 Å². The lowest BCUT2D eigenvalue weighted by molar-refractivity contribution is -0.142. The number of likely N-dealkylation sites (N-methyl/N-ethyl adjacent to an activating group) is 1. The predicted octanol–water partition coefficient (Wildman–Crippen LogP) is 4.24. The van der Waals surface area contributed by atoms with Gasteiger partial charge in [0.15, 0.2) is 6.61 Å². The summed E-state index contributed by atoms with van der Waals surface area (Å²) in [6, 6.07) is 11.5. The van der Waals surface area contributed by atoms with Gasteiger partial charge in [0.2, 0.25) is 5.91 Å². The number of carbonyl (C=O) groups is 2. The number of carbonyl (C=O) groups excluding carboxylic acids is 2. The molecule has 2 aromatic rings. The number of aryl methyl sites for hydroxylation is 3. The van der Waals surface area contributed by atoms with E-state index in [2.05, 4.69) is 11.4 Å². The molecule has 0 radical (unpaired) electrons. The Morgan fingerprint density at radius 3 is 2.27 bits per heavy atom. The van der Waals surface area contributed by atoms with Crippen molar-refractivity contribution in [3.63, 3.8) is 0 Å². The zero-order valence-corrected chi connectivity index (χ0v) is 19.0. The minimum absolute atomic E-state index is 0.106. The standard InChI is InChI=1S/C25H34N2O3/c1-7-22(25(29)26-8-2)27(15-21-11-9-17(3)10-12-21)24(28)16-30-23-14-18(4)13-19(5)20(23)6/h9-14,22H,7-8,15-16H2,1-6H3,(H,26,29)/t22-/m1/s1. The van der Waals surface area contributed by atoms with Crippen LogP contribution in [0.5, 0.6) is 5.75 Å². The molecule has 0 aromatic heterocycles. The Kier molecular flexibility index (Phi) is 8.46. The first-order valence-electron chi connectivity index (χ1n) is 10.6. The lowest BCUT2D eigenvalue weighted by Crippen LogP contribution is -2.50. The van der Waals surface area contributed by atoms with E-state index in [-0.39, 0.29) is 18.4 Å². The number of ether oxygens (including phenoxy) is 1. The summed E-state index contributed by atoms with van der Waals surface area (Å²) >= 11 is 0. The van der Waals surface area contributed by atoms with Crippen LogP contribution in [0.4, 0.5) is 0 Å². The summed E-state index contributed by atoms with van der Waals surface area (Å²) < 4.78 is 5.91. The molecule has 162 valence electrons. The average molecular weight is 411 g/mol. The number of amides is 2. The number of nitrogens with one attached hydrogen (secondary N) is 1. The van der Waals surface area contributed by atoms with E-state index >= 15 is 0 Å². The van der Waals surface area contributed by atoms with Gasteiger partial charge in [0.25, 0.3) is 5.91 Å². The van der Waals surface area contributed by atoms with Crippen LogP contribution in [0.3, 0.4) is 0 Å². The fourth-order valence-corrected chi connectivity index (χ4v) is 3.47. The van der Waals surface area contributed by atoms with E-state index in [4.69, 9.17) is 4.74 Å². The van der Waals surface area contributed by atoms with E-state index in [1.54, 1.807) is 4.90 Å². The maximum atomic E-state index is 13.2. The normalized spacial score (nSPS) is 11.7. The van der Waals surface area contributed by atoms with Crippen LogP contribution < -0.4 is 10.1 Å². The molecule has 30 heavy (non-hydrogen) atoms. The Hall–Kier alpha value is -2.82. The molecule has 0 aliphatic carbocycles. The molecule has 1 atom stereocenters. The van der Waals surface area contributed by atoms with Crippen LogP contribution in [0.25, 0.3) is 0 Å². The average Bonchev–Trinajstić information content (AvgIpc) is 2.70. The summed E-state index contributed by atoms with van der Waals surface area (Å²) in [4.78, 5) is 27.5. The molecule has 0 heterocycles. The SMILES string of the molecule is CCNC(=O)[C@@H](CC)N(Cc1ccc(C)cc1)C(=O)COc1cc(C)cc(C)c1C. The maximum absolute atomic E-state index is 13.2. The monoisotopic (exact) mass is 410 g/mol. The van der Waals surface area contributed by atoms with Crippen LogP contribution >= 0.6 is 0 Å². The number of rotatable bonds is 9. The van der Waals surface area contributed by atoms with Gasteiger partial charge in [0.1, 0.15) is 11.8 Å². The molecule has 0 saturated heterocycles. The van der Waals surface area contributed by atoms with E-state index in [1.807, 2.05) is 71.9 Å². The summed E-state index contributed by atoms with van der Waals surface area (Å²) in [7, 11) is 0. The van der Waals surface area contributed by atoms with Gasteiger partial charge in [0, 0.05) is 13.1 Å². The molecular weight excluding hydrogens is 376 g/mol. The van der Waals surface area contributed by atoms with Crippen molar-refractivity contribution < 1.29 is 14.3 Å². The van der Waals surface area contributed by atoms with E-state index < -0.39 is 6.04 Å². The van der Waals surface area contributed by atoms with Gasteiger partial charge in [-0.3, -0.25) is 9.59 Å². The highest BCUT2D eigenvalue weighted by atomic mass is 16.5. The third kappa shape index (κ3) is 6.09. The van der Waals surface area contributed by atoms with Gasteiger partial charge in [-0.05, 0) is 69.4 Å². The number of hydrogen-bond acceptors (Lipinski definition) is 3. The predicted molar refractivity (Wildman–Crippen MR) is 121 cm³/mol. The Balaban J connectivity index is 2.24. The summed E-state index contributed by atoms with van der Waals surface area (Å²) in [6.45, 7) is 12.6. The second-order valence-corrected chi connectivity index (χ2v) is 7.82. The molecule has 0 bridgehead atoms. The van der Waals surface area contributed by atoms with Crippen LogP contribution in [-0.2, 0) is 16.1 Å². The fraction of sp³-hybridized carbons (Fsp3) is 0.440. The van der Waals surface area contributed by atoms with Crippen LogP contribution in [-0.4, -0.2) is 35.9 Å². The van der Waals surface area contributed by atoms with Gasteiger partial charge in [-0.1, -0.05) is 42.8 Å². The van der Waals surface area contributed by atoms with Crippen molar-refractivity contribution in [2.45, 2.75) is 60.5 Å². The molecule has 5 heteroatoms. The van der Waals surface area contributed by atoms with Crippen LogP contribution in [0.2, 0.25) is 0 Å². The summed E-state index contributed by atoms with van der Waals surface area (Å²) in [5.74, 6) is 0.373. The highest BCUT2D eigenvalue weighted by molar-refractivity contribution is 5.88. The van der Waals surface area contributed by atoms with Crippen LogP contribution in [0.15, 0.2) is 36.4 Å². The minimum atomic E-state index is -0.539. The Morgan fingerprint density at radius 2 is 1.67 bits per heavy atom. The van der Waals surface area contributed by atoms with E-state index in [0.29, 0.717) is 25.3 Å². The van der Waals surface area contributed by atoms with Gasteiger partial charge < -0.3 is 15.0 Å². The van der Waals surface area contributed by atoms with Gasteiger partial charge in [-0.25, -0.2) is 0 Å². The van der Waals surface area contributed by atoms with E-state index in [0.717, 1.165) is 27.8 Å². The summed E-state index contributed by atoms with van der Waals surface area (Å²) in [6.07, 6.45) is 0.534. The Morgan fingerprint density at radius 1 is 1.00 bits per heavy atom. The summed E-state index contributed by atoms with van der Waals surface area (Å²) in [5, 5.41) is 2.85. The van der Waals surface area contributed by atoms with Gasteiger partial charge in [-0.2, -0.15) is 0 Å². The van der Waals surface area contributed by atoms with Crippen molar-refractivity contribution >= 4 is 11.8 Å². The molecule has 2 amide bonds. The fourth-order valence-electron chi connectivity index (χ4n) is 3.47. The molecule has 0 aliphatic heterocycles. The first kappa shape index (κ1) is 23.5. The molecule has 0 aliphatic rings. The largest absolute Gasteiger partial charge is 0.483 e.